The first-order chi connectivity index (χ1) is 9.63. The van der Waals surface area contributed by atoms with E-state index in [4.69, 9.17) is 10.00 Å². The molecule has 4 nitrogen and oxygen atoms in total. The van der Waals surface area contributed by atoms with Crippen molar-refractivity contribution in [1.82, 2.24) is 10.2 Å². The van der Waals surface area contributed by atoms with E-state index in [1.807, 2.05) is 18.2 Å². The molecule has 1 N–H and O–H groups in total. The zero-order valence-corrected chi connectivity index (χ0v) is 12.5. The van der Waals surface area contributed by atoms with E-state index < -0.39 is 0 Å². The van der Waals surface area contributed by atoms with Crippen molar-refractivity contribution in [3.8, 4) is 11.8 Å². The highest BCUT2D eigenvalue weighted by Crippen LogP contribution is 2.20. The van der Waals surface area contributed by atoms with Crippen molar-refractivity contribution in [3.63, 3.8) is 0 Å². The molecule has 2 unspecified atom stereocenters. The minimum Gasteiger partial charge on any atom is -0.495 e. The summed E-state index contributed by atoms with van der Waals surface area (Å²) in [6.45, 7) is 4.25. The number of likely N-dealkylation sites (tertiary alicyclic amines) is 1. The highest BCUT2D eigenvalue weighted by atomic mass is 16.5. The first-order valence-corrected chi connectivity index (χ1v) is 7.14. The Morgan fingerprint density at radius 3 is 2.95 bits per heavy atom. The van der Waals surface area contributed by atoms with Gasteiger partial charge in [-0.1, -0.05) is 6.07 Å². The molecule has 2 rings (SSSR count). The third-order valence-corrected chi connectivity index (χ3v) is 4.19. The number of benzene rings is 1. The Balaban J connectivity index is 1.93. The van der Waals surface area contributed by atoms with E-state index in [1.165, 1.54) is 12.8 Å². The fourth-order valence-electron chi connectivity index (χ4n) is 2.67. The minimum atomic E-state index is 0.572. The smallest absolute Gasteiger partial charge is 0.136 e. The summed E-state index contributed by atoms with van der Waals surface area (Å²) in [7, 11) is 3.79. The van der Waals surface area contributed by atoms with Crippen LogP contribution in [0.5, 0.6) is 5.75 Å². The van der Waals surface area contributed by atoms with E-state index >= 15 is 0 Å². The van der Waals surface area contributed by atoms with Crippen molar-refractivity contribution in [2.45, 2.75) is 38.4 Å². The molecule has 1 aliphatic rings. The van der Waals surface area contributed by atoms with Crippen LogP contribution in [0.4, 0.5) is 0 Å². The Morgan fingerprint density at radius 2 is 2.30 bits per heavy atom. The number of hydrogen-bond donors (Lipinski definition) is 1. The fraction of sp³-hybridized carbons (Fsp3) is 0.562. The SMILES string of the molecule is COc1cc(CNC2CCN(C)C(C)C2)ccc1C#N. The Hall–Kier alpha value is -1.57. The van der Waals surface area contributed by atoms with Crippen LogP contribution < -0.4 is 10.1 Å². The first kappa shape index (κ1) is 14.8. The van der Waals surface area contributed by atoms with Crippen LogP contribution in [0.25, 0.3) is 0 Å². The minimum absolute atomic E-state index is 0.572. The molecule has 1 saturated heterocycles. The molecule has 0 radical (unpaired) electrons. The maximum absolute atomic E-state index is 8.98. The van der Waals surface area contributed by atoms with E-state index in [2.05, 4.69) is 30.3 Å². The summed E-state index contributed by atoms with van der Waals surface area (Å²) in [6, 6.07) is 9.11. The van der Waals surface area contributed by atoms with Gasteiger partial charge >= 0.3 is 0 Å². The quantitative estimate of drug-likeness (QED) is 0.913. The Morgan fingerprint density at radius 1 is 1.50 bits per heavy atom. The first-order valence-electron chi connectivity index (χ1n) is 7.14. The zero-order valence-electron chi connectivity index (χ0n) is 12.5. The van der Waals surface area contributed by atoms with Gasteiger partial charge < -0.3 is 15.0 Å². The average Bonchev–Trinajstić information content (AvgIpc) is 2.48. The van der Waals surface area contributed by atoms with Gasteiger partial charge in [-0.05, 0) is 51.1 Å². The highest BCUT2D eigenvalue weighted by Gasteiger charge is 2.22. The van der Waals surface area contributed by atoms with E-state index in [9.17, 15) is 0 Å². The molecule has 4 heteroatoms. The second kappa shape index (κ2) is 6.74. The van der Waals surface area contributed by atoms with Crippen LogP contribution in [0, 0.1) is 11.3 Å². The molecule has 0 amide bonds. The molecule has 1 aromatic rings. The predicted molar refractivity (Wildman–Crippen MR) is 79.7 cm³/mol. The maximum atomic E-state index is 8.98. The average molecular weight is 273 g/mol. The number of methoxy groups -OCH3 is 1. The molecule has 20 heavy (non-hydrogen) atoms. The molecule has 2 atom stereocenters. The van der Waals surface area contributed by atoms with E-state index in [1.54, 1.807) is 7.11 Å². The van der Waals surface area contributed by atoms with Crippen LogP contribution in [-0.2, 0) is 6.54 Å². The summed E-state index contributed by atoms with van der Waals surface area (Å²) < 4.78 is 5.24. The normalized spacial score (nSPS) is 23.3. The largest absolute Gasteiger partial charge is 0.495 e. The van der Waals surface area contributed by atoms with E-state index in [0.29, 0.717) is 23.4 Å². The Bertz CT molecular complexity index is 495. The molecule has 108 valence electrons. The molecule has 0 aliphatic carbocycles. The summed E-state index contributed by atoms with van der Waals surface area (Å²) in [5, 5.41) is 12.6. The van der Waals surface area contributed by atoms with Crippen molar-refractivity contribution in [1.29, 1.82) is 5.26 Å². The maximum Gasteiger partial charge on any atom is 0.136 e. The number of nitrogens with zero attached hydrogens (tertiary/aromatic N) is 2. The van der Waals surface area contributed by atoms with Gasteiger partial charge in [0.2, 0.25) is 0 Å². The molecule has 0 spiro atoms. The summed E-state index contributed by atoms with van der Waals surface area (Å²) >= 11 is 0. The molecule has 1 heterocycles. The van der Waals surface area contributed by atoms with Crippen LogP contribution in [0.2, 0.25) is 0 Å². The summed E-state index contributed by atoms with van der Waals surface area (Å²) in [6.07, 6.45) is 2.37. The Labute approximate surface area is 121 Å². The second-order valence-electron chi connectivity index (χ2n) is 5.58. The van der Waals surface area contributed by atoms with Crippen molar-refractivity contribution < 1.29 is 4.74 Å². The van der Waals surface area contributed by atoms with Crippen molar-refractivity contribution >= 4 is 0 Å². The lowest BCUT2D eigenvalue weighted by molar-refractivity contribution is 0.168. The van der Waals surface area contributed by atoms with Gasteiger partial charge in [0, 0.05) is 18.6 Å². The number of rotatable bonds is 4. The topological polar surface area (TPSA) is 48.3 Å². The number of nitriles is 1. The van der Waals surface area contributed by atoms with Gasteiger partial charge in [0.05, 0.1) is 12.7 Å². The molecular formula is C16H23N3O. The standard InChI is InChI=1S/C16H23N3O/c1-12-8-15(6-7-19(12)2)18-11-13-4-5-14(10-17)16(9-13)20-3/h4-5,9,12,15,18H,6-8,11H2,1-3H3. The number of piperidine rings is 1. The highest BCUT2D eigenvalue weighted by molar-refractivity contribution is 5.45. The summed E-state index contributed by atoms with van der Waals surface area (Å²) in [4.78, 5) is 2.41. The van der Waals surface area contributed by atoms with E-state index in [-0.39, 0.29) is 0 Å². The van der Waals surface area contributed by atoms with Gasteiger partial charge in [0.25, 0.3) is 0 Å². The summed E-state index contributed by atoms with van der Waals surface area (Å²) in [5.41, 5.74) is 1.75. The zero-order chi connectivity index (χ0) is 14.5. The molecular weight excluding hydrogens is 250 g/mol. The third-order valence-electron chi connectivity index (χ3n) is 4.19. The lowest BCUT2D eigenvalue weighted by Gasteiger charge is -2.35. The van der Waals surface area contributed by atoms with Crippen molar-refractivity contribution in [3.05, 3.63) is 29.3 Å². The summed E-state index contributed by atoms with van der Waals surface area (Å²) in [5.74, 6) is 0.656. The molecule has 1 aliphatic heterocycles. The van der Waals surface area contributed by atoms with Crippen LogP contribution in [0.3, 0.4) is 0 Å². The molecule has 1 aromatic carbocycles. The van der Waals surface area contributed by atoms with Crippen LogP contribution in [0.1, 0.15) is 30.9 Å². The van der Waals surface area contributed by atoms with Gasteiger partial charge in [0.1, 0.15) is 11.8 Å². The molecule has 1 fully saturated rings. The van der Waals surface area contributed by atoms with Crippen LogP contribution >= 0.6 is 0 Å². The van der Waals surface area contributed by atoms with Crippen LogP contribution in [0.15, 0.2) is 18.2 Å². The van der Waals surface area contributed by atoms with Gasteiger partial charge in [-0.25, -0.2) is 0 Å². The van der Waals surface area contributed by atoms with Gasteiger partial charge in [0.15, 0.2) is 0 Å². The lowest BCUT2D eigenvalue weighted by atomic mass is 9.98. The number of hydrogen-bond acceptors (Lipinski definition) is 4. The van der Waals surface area contributed by atoms with Crippen LogP contribution in [-0.4, -0.2) is 37.7 Å². The molecule has 0 bridgehead atoms. The number of nitrogens with one attached hydrogen (secondary N) is 1. The van der Waals surface area contributed by atoms with Gasteiger partial charge in [-0.3, -0.25) is 0 Å². The van der Waals surface area contributed by atoms with Gasteiger partial charge in [-0.15, -0.1) is 0 Å². The second-order valence-corrected chi connectivity index (χ2v) is 5.58. The fourth-order valence-corrected chi connectivity index (χ4v) is 2.67. The lowest BCUT2D eigenvalue weighted by Crippen LogP contribution is -2.45. The van der Waals surface area contributed by atoms with Crippen molar-refractivity contribution in [2.24, 2.45) is 0 Å². The van der Waals surface area contributed by atoms with E-state index in [0.717, 1.165) is 18.7 Å². The van der Waals surface area contributed by atoms with Gasteiger partial charge in [-0.2, -0.15) is 5.26 Å². The predicted octanol–water partition coefficient (Wildman–Crippen LogP) is 2.14. The Kier molecular flexibility index (Phi) is 4.99. The molecule has 0 saturated carbocycles. The monoisotopic (exact) mass is 273 g/mol. The molecule has 0 aromatic heterocycles. The van der Waals surface area contributed by atoms with Crippen molar-refractivity contribution in [2.75, 3.05) is 20.7 Å². The third kappa shape index (κ3) is 3.50. The number of ether oxygens (including phenoxy) is 1.